The number of ether oxygens (including phenoxy) is 1. The third-order valence-electron chi connectivity index (χ3n) is 4.27. The van der Waals surface area contributed by atoms with Crippen LogP contribution < -0.4 is 0 Å². The van der Waals surface area contributed by atoms with Crippen molar-refractivity contribution in [3.63, 3.8) is 0 Å². The van der Waals surface area contributed by atoms with Gasteiger partial charge in [0.2, 0.25) is 10.0 Å². The van der Waals surface area contributed by atoms with E-state index < -0.39 is 26.7 Å². The fourth-order valence-corrected chi connectivity index (χ4v) is 3.51. The van der Waals surface area contributed by atoms with E-state index in [4.69, 9.17) is 4.74 Å². The Morgan fingerprint density at radius 2 is 1.96 bits per heavy atom. The molecule has 0 N–H and O–H groups in total. The number of halogens is 1. The highest BCUT2D eigenvalue weighted by Crippen LogP contribution is 2.26. The lowest BCUT2D eigenvalue weighted by molar-refractivity contribution is 0.0395. The zero-order valence-corrected chi connectivity index (χ0v) is 14.8. The summed E-state index contributed by atoms with van der Waals surface area (Å²) in [5, 5.41) is 0. The van der Waals surface area contributed by atoms with Gasteiger partial charge in [-0.1, -0.05) is 19.1 Å². The van der Waals surface area contributed by atoms with Crippen LogP contribution in [-0.2, 0) is 14.8 Å². The van der Waals surface area contributed by atoms with Gasteiger partial charge in [-0.05, 0) is 42.9 Å². The summed E-state index contributed by atoms with van der Waals surface area (Å²) in [6.07, 6.45) is 5.97. The summed E-state index contributed by atoms with van der Waals surface area (Å²) >= 11 is 0. The van der Waals surface area contributed by atoms with Crippen molar-refractivity contribution in [2.45, 2.75) is 24.7 Å². The van der Waals surface area contributed by atoms with Gasteiger partial charge in [0.1, 0.15) is 10.7 Å². The zero-order valence-electron chi connectivity index (χ0n) is 14.0. The fraction of sp³-hybridized carbons (Fsp3) is 0.471. The summed E-state index contributed by atoms with van der Waals surface area (Å²) in [4.78, 5) is 11.7. The van der Waals surface area contributed by atoms with E-state index in [1.807, 2.05) is 0 Å². The van der Waals surface area contributed by atoms with Crippen molar-refractivity contribution in [2.75, 3.05) is 20.7 Å². The molecule has 0 saturated carbocycles. The first-order valence-corrected chi connectivity index (χ1v) is 9.21. The molecule has 2 rings (SSSR count). The summed E-state index contributed by atoms with van der Waals surface area (Å²) in [7, 11) is -1.36. The van der Waals surface area contributed by atoms with Crippen LogP contribution in [0, 0.1) is 17.7 Å². The second-order valence-corrected chi connectivity index (χ2v) is 8.33. The summed E-state index contributed by atoms with van der Waals surface area (Å²) in [5.41, 5.74) is 0.0239. The lowest BCUT2D eigenvalue weighted by atomic mass is 9.85. The molecule has 0 spiro atoms. The minimum absolute atomic E-state index is 0.0239. The molecule has 1 aromatic carbocycles. The number of sulfonamides is 1. The van der Waals surface area contributed by atoms with Crippen molar-refractivity contribution < 1.29 is 22.3 Å². The van der Waals surface area contributed by atoms with Crippen molar-refractivity contribution in [1.82, 2.24) is 4.31 Å². The number of rotatable bonds is 5. The third kappa shape index (κ3) is 4.02. The fourth-order valence-electron chi connectivity index (χ4n) is 2.53. The lowest BCUT2D eigenvalue weighted by Gasteiger charge is -2.24. The summed E-state index contributed by atoms with van der Waals surface area (Å²) in [5.74, 6) is -0.886. The first-order valence-electron chi connectivity index (χ1n) is 7.77. The van der Waals surface area contributed by atoms with E-state index in [0.717, 1.165) is 29.3 Å². The minimum atomic E-state index is -3.97. The van der Waals surface area contributed by atoms with Gasteiger partial charge in [0.05, 0.1) is 12.2 Å². The highest BCUT2D eigenvalue weighted by molar-refractivity contribution is 7.89. The number of hydrogen-bond donors (Lipinski definition) is 0. The summed E-state index contributed by atoms with van der Waals surface area (Å²) < 4.78 is 44.3. The molecule has 1 aliphatic rings. The van der Waals surface area contributed by atoms with Gasteiger partial charge in [0.15, 0.2) is 0 Å². The van der Waals surface area contributed by atoms with Crippen LogP contribution in [0.1, 0.15) is 30.1 Å². The Kier molecular flexibility index (Phi) is 5.77. The SMILES string of the molecule is CC1CC=CCC1COC(=O)c1ccc(F)c(S(=O)(=O)N(C)C)c1. The monoisotopic (exact) mass is 355 g/mol. The van der Waals surface area contributed by atoms with Crippen molar-refractivity contribution >= 4 is 16.0 Å². The molecule has 0 aromatic heterocycles. The zero-order chi connectivity index (χ0) is 17.9. The molecule has 1 aromatic rings. The van der Waals surface area contributed by atoms with Gasteiger partial charge in [-0.2, -0.15) is 0 Å². The van der Waals surface area contributed by atoms with Crippen molar-refractivity contribution in [3.8, 4) is 0 Å². The van der Waals surface area contributed by atoms with Gasteiger partial charge in [0.25, 0.3) is 0 Å². The number of carbonyl (C=O) groups is 1. The molecule has 132 valence electrons. The predicted octanol–water partition coefficient (Wildman–Crippen LogP) is 2.84. The van der Waals surface area contributed by atoms with Crippen LogP contribution in [0.15, 0.2) is 35.2 Å². The van der Waals surface area contributed by atoms with Crippen LogP contribution in [0.3, 0.4) is 0 Å². The molecule has 0 heterocycles. The number of esters is 1. The highest BCUT2D eigenvalue weighted by atomic mass is 32.2. The maximum absolute atomic E-state index is 13.9. The van der Waals surface area contributed by atoms with E-state index in [1.165, 1.54) is 20.2 Å². The molecule has 0 fully saturated rings. The standard InChI is InChI=1S/C17H22FNO4S/c1-12-6-4-5-7-14(12)11-23-17(20)13-8-9-15(18)16(10-13)24(21,22)19(2)3/h4-5,8-10,12,14H,6-7,11H2,1-3H3. The summed E-state index contributed by atoms with van der Waals surface area (Å²) in [6, 6.07) is 3.23. The van der Waals surface area contributed by atoms with E-state index >= 15 is 0 Å². The van der Waals surface area contributed by atoms with Gasteiger partial charge < -0.3 is 4.74 Å². The number of nitrogens with zero attached hydrogens (tertiary/aromatic N) is 1. The van der Waals surface area contributed by atoms with E-state index in [0.29, 0.717) is 5.92 Å². The minimum Gasteiger partial charge on any atom is -0.462 e. The second-order valence-electron chi connectivity index (χ2n) is 6.21. The van der Waals surface area contributed by atoms with E-state index in [-0.39, 0.29) is 18.1 Å². The molecule has 0 amide bonds. The van der Waals surface area contributed by atoms with E-state index in [2.05, 4.69) is 19.1 Å². The Labute approximate surface area is 142 Å². The Bertz CT molecular complexity index is 743. The summed E-state index contributed by atoms with van der Waals surface area (Å²) in [6.45, 7) is 2.36. The molecular formula is C17H22FNO4S. The van der Waals surface area contributed by atoms with E-state index in [9.17, 15) is 17.6 Å². The van der Waals surface area contributed by atoms with Gasteiger partial charge >= 0.3 is 5.97 Å². The first kappa shape index (κ1) is 18.6. The van der Waals surface area contributed by atoms with E-state index in [1.54, 1.807) is 0 Å². The average Bonchev–Trinajstić information content (AvgIpc) is 2.54. The molecular weight excluding hydrogens is 333 g/mol. The molecule has 24 heavy (non-hydrogen) atoms. The van der Waals surface area contributed by atoms with Crippen molar-refractivity contribution in [1.29, 1.82) is 0 Å². The van der Waals surface area contributed by atoms with Gasteiger partial charge in [0, 0.05) is 14.1 Å². The van der Waals surface area contributed by atoms with Crippen molar-refractivity contribution in [3.05, 3.63) is 41.7 Å². The molecule has 2 unspecified atom stereocenters. The molecule has 5 nitrogen and oxygen atoms in total. The lowest BCUT2D eigenvalue weighted by Crippen LogP contribution is -2.24. The van der Waals surface area contributed by atoms with Crippen LogP contribution >= 0.6 is 0 Å². The average molecular weight is 355 g/mol. The number of benzene rings is 1. The third-order valence-corrected chi connectivity index (χ3v) is 6.10. The van der Waals surface area contributed by atoms with Crippen LogP contribution in [-0.4, -0.2) is 39.4 Å². The Hall–Kier alpha value is -1.73. The molecule has 7 heteroatoms. The topological polar surface area (TPSA) is 63.7 Å². The maximum atomic E-state index is 13.9. The smallest absolute Gasteiger partial charge is 0.338 e. The maximum Gasteiger partial charge on any atom is 0.338 e. The molecule has 0 radical (unpaired) electrons. The van der Waals surface area contributed by atoms with Crippen LogP contribution in [0.5, 0.6) is 0 Å². The molecule has 0 bridgehead atoms. The molecule has 1 aliphatic carbocycles. The predicted molar refractivity (Wildman–Crippen MR) is 88.6 cm³/mol. The Morgan fingerprint density at radius 1 is 1.29 bits per heavy atom. The largest absolute Gasteiger partial charge is 0.462 e. The normalized spacial score (nSPS) is 21.0. The molecule has 2 atom stereocenters. The number of carbonyl (C=O) groups excluding carboxylic acids is 1. The Morgan fingerprint density at radius 3 is 2.58 bits per heavy atom. The Balaban J connectivity index is 2.14. The molecule has 0 saturated heterocycles. The van der Waals surface area contributed by atoms with Crippen LogP contribution in [0.4, 0.5) is 4.39 Å². The van der Waals surface area contributed by atoms with Crippen molar-refractivity contribution in [2.24, 2.45) is 11.8 Å². The molecule has 0 aliphatic heterocycles. The van der Waals surface area contributed by atoms with Crippen LogP contribution in [0.2, 0.25) is 0 Å². The van der Waals surface area contributed by atoms with Gasteiger partial charge in [-0.15, -0.1) is 0 Å². The second kappa shape index (κ2) is 7.44. The van der Waals surface area contributed by atoms with Gasteiger partial charge in [-0.3, -0.25) is 0 Å². The number of allylic oxidation sites excluding steroid dienone is 2. The highest BCUT2D eigenvalue weighted by Gasteiger charge is 2.25. The number of hydrogen-bond acceptors (Lipinski definition) is 4. The quantitative estimate of drug-likeness (QED) is 0.602. The van der Waals surface area contributed by atoms with Gasteiger partial charge in [-0.25, -0.2) is 21.9 Å². The van der Waals surface area contributed by atoms with Crippen LogP contribution in [0.25, 0.3) is 0 Å². The first-order chi connectivity index (χ1) is 11.2.